The number of fused-ring (bicyclic) bond motifs is 2. The van der Waals surface area contributed by atoms with Gasteiger partial charge in [-0.25, -0.2) is 23.7 Å². The summed E-state index contributed by atoms with van der Waals surface area (Å²) in [5.74, 6) is -0.328. The van der Waals surface area contributed by atoms with Gasteiger partial charge in [0.15, 0.2) is 40.9 Å². The lowest BCUT2D eigenvalue weighted by molar-refractivity contribution is -0.0778. The van der Waals surface area contributed by atoms with Crippen molar-refractivity contribution in [1.82, 2.24) is 39.0 Å². The lowest BCUT2D eigenvalue weighted by atomic mass is 10.1. The Hall–Kier alpha value is -3.27. The molecule has 226 valence electrons. The maximum atomic E-state index is 15.8. The van der Waals surface area contributed by atoms with Crippen molar-refractivity contribution in [3.05, 3.63) is 39.7 Å². The van der Waals surface area contributed by atoms with Gasteiger partial charge in [0.1, 0.15) is 18.3 Å². The van der Waals surface area contributed by atoms with Gasteiger partial charge in [-0.1, -0.05) is 0 Å². The SMILES string of the molecule is Nc1nc2c(ncn2[C@]2(OP(O)(=S)OC[C@H]3O[C@@H](n4cnc5c(=O)[nH]cnc54)[C@@H](F)[C@@H]3O)CO[C@H](CO)[C@@H]2F)c(=O)[nH]1. The average Bonchev–Trinajstić information content (AvgIpc) is 3.70. The van der Waals surface area contributed by atoms with Gasteiger partial charge in [-0.05, 0) is 11.8 Å². The highest BCUT2D eigenvalue weighted by molar-refractivity contribution is 8.07. The highest BCUT2D eigenvalue weighted by Gasteiger charge is 2.57. The lowest BCUT2D eigenvalue weighted by Crippen LogP contribution is -2.46. The van der Waals surface area contributed by atoms with Gasteiger partial charge < -0.3 is 39.8 Å². The van der Waals surface area contributed by atoms with E-state index in [1.54, 1.807) is 0 Å². The van der Waals surface area contributed by atoms with Crippen LogP contribution in [0.2, 0.25) is 0 Å². The summed E-state index contributed by atoms with van der Waals surface area (Å²) in [5, 5.41) is 20.1. The largest absolute Gasteiger partial charge is 0.394 e. The number of anilines is 1. The molecule has 18 nitrogen and oxygen atoms in total. The zero-order valence-corrected chi connectivity index (χ0v) is 22.7. The summed E-state index contributed by atoms with van der Waals surface area (Å²) in [7, 11) is 0. The molecule has 0 aliphatic carbocycles. The molecule has 0 amide bonds. The van der Waals surface area contributed by atoms with Gasteiger partial charge >= 0.3 is 6.72 Å². The summed E-state index contributed by atoms with van der Waals surface area (Å²) in [6.45, 7) is -6.65. The highest BCUT2D eigenvalue weighted by Crippen LogP contribution is 2.54. The van der Waals surface area contributed by atoms with Gasteiger partial charge in [0, 0.05) is 0 Å². The number of H-pyrrole nitrogens is 2. The number of aromatic amines is 2. The molecule has 4 aromatic rings. The number of rotatable bonds is 8. The molecule has 6 heterocycles. The quantitative estimate of drug-likeness (QED) is 0.116. The third-order valence-corrected chi connectivity index (χ3v) is 8.45. The number of halogens is 2. The smallest absolute Gasteiger partial charge is 0.326 e. The Balaban J connectivity index is 1.25. The number of alkyl halides is 2. The minimum absolute atomic E-state index is 0.00739. The van der Waals surface area contributed by atoms with Crippen molar-refractivity contribution in [3.63, 3.8) is 0 Å². The third kappa shape index (κ3) is 4.62. The molecule has 0 aromatic carbocycles. The molecule has 2 saturated heterocycles. The van der Waals surface area contributed by atoms with Crippen LogP contribution in [-0.4, -0.2) is 105 Å². The fourth-order valence-electron chi connectivity index (χ4n) is 4.86. The molecule has 2 aliphatic rings. The number of nitrogens with zero attached hydrogens (tertiary/aromatic N) is 6. The molecule has 1 unspecified atom stereocenters. The number of ether oxygens (including phenoxy) is 2. The molecule has 0 saturated carbocycles. The summed E-state index contributed by atoms with van der Waals surface area (Å²) in [4.78, 5) is 55.5. The van der Waals surface area contributed by atoms with Crippen molar-refractivity contribution in [2.24, 2.45) is 0 Å². The van der Waals surface area contributed by atoms with Crippen LogP contribution < -0.4 is 16.9 Å². The maximum absolute atomic E-state index is 15.8. The molecule has 2 fully saturated rings. The van der Waals surface area contributed by atoms with Crippen LogP contribution in [0.15, 0.2) is 28.6 Å². The molecule has 2 aliphatic heterocycles. The lowest BCUT2D eigenvalue weighted by Gasteiger charge is -2.34. The first-order valence-corrected chi connectivity index (χ1v) is 14.7. The van der Waals surface area contributed by atoms with E-state index in [-0.39, 0.29) is 28.3 Å². The summed E-state index contributed by atoms with van der Waals surface area (Å²) in [5.41, 5.74) is 1.41. The van der Waals surface area contributed by atoms with Gasteiger partial charge in [-0.2, -0.15) is 4.98 Å². The highest BCUT2D eigenvalue weighted by atomic mass is 32.5. The summed E-state index contributed by atoms with van der Waals surface area (Å²) in [6.07, 6.45) is -7.17. The second-order valence-corrected chi connectivity index (χ2v) is 12.2. The predicted octanol–water partition coefficient (Wildman–Crippen LogP) is -1.94. The van der Waals surface area contributed by atoms with Crippen LogP contribution in [0.3, 0.4) is 0 Å². The van der Waals surface area contributed by atoms with Gasteiger partial charge in [0.2, 0.25) is 11.7 Å². The van der Waals surface area contributed by atoms with Gasteiger partial charge in [-0.3, -0.25) is 28.2 Å². The molecule has 0 bridgehead atoms. The van der Waals surface area contributed by atoms with E-state index in [0.29, 0.717) is 0 Å². The Labute approximate surface area is 236 Å². The van der Waals surface area contributed by atoms with E-state index in [2.05, 4.69) is 29.9 Å². The average molecular weight is 633 g/mol. The van der Waals surface area contributed by atoms with Crippen LogP contribution in [-0.2, 0) is 36.1 Å². The molecule has 8 atom stereocenters. The molecule has 6 rings (SSSR count). The van der Waals surface area contributed by atoms with Crippen molar-refractivity contribution in [2.75, 3.05) is 25.6 Å². The number of nitrogen functional groups attached to an aromatic ring is 1. The minimum atomic E-state index is -4.50. The summed E-state index contributed by atoms with van der Waals surface area (Å²) in [6, 6.07) is 0. The number of aliphatic hydroxyl groups excluding tert-OH is 2. The summed E-state index contributed by atoms with van der Waals surface area (Å²) < 4.78 is 54.9. The molecule has 42 heavy (non-hydrogen) atoms. The van der Waals surface area contributed by atoms with Crippen LogP contribution in [0.5, 0.6) is 0 Å². The van der Waals surface area contributed by atoms with Crippen LogP contribution in [0.1, 0.15) is 6.23 Å². The number of nitrogens with two attached hydrogens (primary N) is 1. The van der Waals surface area contributed by atoms with Crippen LogP contribution >= 0.6 is 6.72 Å². The van der Waals surface area contributed by atoms with Crippen molar-refractivity contribution >= 4 is 46.8 Å². The number of hydrogen-bond acceptors (Lipinski definition) is 14. The van der Waals surface area contributed by atoms with Crippen molar-refractivity contribution in [3.8, 4) is 0 Å². The van der Waals surface area contributed by atoms with Gasteiger partial charge in [0.25, 0.3) is 11.1 Å². The zero-order valence-electron chi connectivity index (χ0n) is 21.0. The van der Waals surface area contributed by atoms with Gasteiger partial charge in [-0.15, -0.1) is 0 Å². The molecular weight excluding hydrogens is 611 g/mol. The topological polar surface area (TPSA) is 251 Å². The molecule has 22 heteroatoms. The first-order valence-electron chi connectivity index (χ1n) is 12.1. The van der Waals surface area contributed by atoms with Gasteiger partial charge in [0.05, 0.1) is 38.8 Å². The standard InChI is InChI=1S/C20H22F2N9O9PS/c21-9-12(33)8(39-18(9)30-5-26-10-14(30)24-4-25-16(10)34)2-38-41(36,42)40-20(3-37-7(1-32)13(20)22)31-6-27-11-15(31)28-19(23)29-17(11)35/h4-9,12-13,18,32-33H,1-3H2,(H,36,42)(H,24,25,34)(H3,23,28,29,35)/t7-,8-,9+,12-,13+,18-,20+,41?/m1/s1. The first kappa shape index (κ1) is 28.8. The second kappa shape index (κ2) is 10.5. The maximum Gasteiger partial charge on any atom is 0.326 e. The number of aliphatic hydroxyl groups is 2. The Bertz CT molecular complexity index is 1820. The third-order valence-electron chi connectivity index (χ3n) is 6.88. The van der Waals surface area contributed by atoms with Crippen molar-refractivity contribution in [2.45, 2.75) is 42.6 Å². The Morgan fingerprint density at radius 1 is 1.19 bits per heavy atom. The number of imidazole rings is 2. The number of hydrogen-bond donors (Lipinski definition) is 6. The Morgan fingerprint density at radius 2 is 1.93 bits per heavy atom. The predicted molar refractivity (Wildman–Crippen MR) is 139 cm³/mol. The van der Waals surface area contributed by atoms with E-state index in [1.165, 1.54) is 0 Å². The van der Waals surface area contributed by atoms with Crippen molar-refractivity contribution < 1.29 is 42.4 Å². The molecule has 4 aromatic heterocycles. The molecular formula is C20H22F2N9O9PS. The van der Waals surface area contributed by atoms with Crippen LogP contribution in [0, 0.1) is 0 Å². The number of aromatic nitrogens is 8. The Kier molecular flexibility index (Phi) is 7.19. The van der Waals surface area contributed by atoms with E-state index in [9.17, 15) is 24.7 Å². The van der Waals surface area contributed by atoms with Crippen LogP contribution in [0.25, 0.3) is 22.3 Å². The van der Waals surface area contributed by atoms with E-state index in [0.717, 1.165) is 28.1 Å². The van der Waals surface area contributed by atoms with E-state index in [4.69, 9.17) is 36.1 Å². The molecule has 0 spiro atoms. The fraction of sp³-hybridized carbons (Fsp3) is 0.500. The number of nitrogens with one attached hydrogen (secondary N) is 2. The first-order chi connectivity index (χ1) is 20.0. The minimum Gasteiger partial charge on any atom is -0.394 e. The van der Waals surface area contributed by atoms with Crippen molar-refractivity contribution in [1.29, 1.82) is 0 Å². The zero-order chi connectivity index (χ0) is 30.0. The summed E-state index contributed by atoms with van der Waals surface area (Å²) >= 11 is 5.11. The normalized spacial score (nSPS) is 31.3. The van der Waals surface area contributed by atoms with E-state index < -0.39 is 80.3 Å². The fourth-order valence-corrected chi connectivity index (χ4v) is 6.46. The molecule has 7 N–H and O–H groups in total. The van der Waals surface area contributed by atoms with Crippen LogP contribution in [0.4, 0.5) is 14.7 Å². The monoisotopic (exact) mass is 633 g/mol. The Morgan fingerprint density at radius 3 is 2.67 bits per heavy atom. The molecule has 0 radical (unpaired) electrons. The van der Waals surface area contributed by atoms with E-state index >= 15 is 8.78 Å². The second-order valence-electron chi connectivity index (χ2n) is 9.43. The van der Waals surface area contributed by atoms with E-state index in [1.807, 2.05) is 0 Å².